The number of nitrogens with zero attached hydrogens (tertiary/aromatic N) is 5. The minimum Gasteiger partial charge on any atom is -0.491 e. The van der Waals surface area contributed by atoms with Crippen LogP contribution in [-0.2, 0) is 17.4 Å². The summed E-state index contributed by atoms with van der Waals surface area (Å²) < 4.78 is 62.6. The third-order valence-electron chi connectivity index (χ3n) is 6.92. The first kappa shape index (κ1) is 26.5. The van der Waals surface area contributed by atoms with Crippen molar-refractivity contribution in [2.75, 3.05) is 16.4 Å². The fourth-order valence-electron chi connectivity index (χ4n) is 4.95. The van der Waals surface area contributed by atoms with E-state index >= 15 is 4.39 Å². The second-order valence-electron chi connectivity index (χ2n) is 9.23. The maximum Gasteiger partial charge on any atom is 0.421 e. The molecule has 2 fully saturated rings. The quantitative estimate of drug-likeness (QED) is 0.214. The number of anilines is 2. The van der Waals surface area contributed by atoms with E-state index in [2.05, 4.69) is 9.97 Å². The van der Waals surface area contributed by atoms with Crippen molar-refractivity contribution in [1.29, 1.82) is 5.26 Å². The summed E-state index contributed by atoms with van der Waals surface area (Å²) in [4.78, 5) is 23.4. The highest BCUT2D eigenvalue weighted by atomic mass is 32.1. The number of carbonyl (C=O) groups excluding carboxylic acids is 1. The molecule has 2 aliphatic rings. The largest absolute Gasteiger partial charge is 0.491 e. The highest BCUT2D eigenvalue weighted by molar-refractivity contribution is 7.81. The lowest BCUT2D eigenvalue weighted by atomic mass is 9.75. The number of alkyl halides is 3. The Kier molecular flexibility index (Phi) is 6.94. The van der Waals surface area contributed by atoms with Gasteiger partial charge in [0.25, 0.3) is 5.91 Å². The normalized spacial score (nSPS) is 16.4. The molecule has 5 rings (SSSR count). The predicted molar refractivity (Wildman–Crippen MR) is 138 cm³/mol. The van der Waals surface area contributed by atoms with Crippen LogP contribution >= 0.6 is 12.2 Å². The molecule has 7 nitrogen and oxygen atoms in total. The molecule has 1 saturated heterocycles. The molecule has 0 unspecified atom stereocenters. The van der Waals surface area contributed by atoms with E-state index in [1.807, 2.05) is 12.1 Å². The Bertz CT molecular complexity index is 1470. The molecule has 1 spiro atoms. The van der Waals surface area contributed by atoms with Crippen LogP contribution in [0.5, 0.6) is 5.75 Å². The van der Waals surface area contributed by atoms with Crippen LogP contribution in [0.15, 0.2) is 55.0 Å². The van der Waals surface area contributed by atoms with Crippen LogP contribution in [0.1, 0.15) is 42.5 Å². The van der Waals surface area contributed by atoms with Crippen LogP contribution in [0, 0.1) is 17.1 Å². The Morgan fingerprint density at radius 3 is 2.59 bits per heavy atom. The van der Waals surface area contributed by atoms with Gasteiger partial charge in [0, 0.05) is 30.3 Å². The van der Waals surface area contributed by atoms with Gasteiger partial charge in [0.15, 0.2) is 22.4 Å². The summed E-state index contributed by atoms with van der Waals surface area (Å²) in [6.07, 6.45) is 2.13. The smallest absolute Gasteiger partial charge is 0.421 e. The summed E-state index contributed by atoms with van der Waals surface area (Å²) in [5.41, 5.74) is -2.78. The first-order valence-corrected chi connectivity index (χ1v) is 12.5. The van der Waals surface area contributed by atoms with Crippen molar-refractivity contribution in [2.24, 2.45) is 0 Å². The monoisotopic (exact) mass is 555 g/mol. The third-order valence-corrected chi connectivity index (χ3v) is 7.28. The Labute approximate surface area is 226 Å². The van der Waals surface area contributed by atoms with Gasteiger partial charge in [0.1, 0.15) is 17.2 Å². The van der Waals surface area contributed by atoms with Gasteiger partial charge in [-0.05, 0) is 74.2 Å². The van der Waals surface area contributed by atoms with Gasteiger partial charge >= 0.3 is 6.18 Å². The van der Waals surface area contributed by atoms with Crippen LogP contribution in [0.4, 0.5) is 28.9 Å². The van der Waals surface area contributed by atoms with E-state index < -0.39 is 40.4 Å². The number of pyridine rings is 2. The zero-order valence-corrected chi connectivity index (χ0v) is 21.2. The summed E-state index contributed by atoms with van der Waals surface area (Å²) in [6, 6.07) is 10.3. The molecule has 1 aliphatic heterocycles. The van der Waals surface area contributed by atoms with E-state index in [1.165, 1.54) is 23.1 Å². The third kappa shape index (κ3) is 4.67. The first-order valence-electron chi connectivity index (χ1n) is 12.1. The zero-order chi connectivity index (χ0) is 27.8. The molecular weight excluding hydrogens is 534 g/mol. The number of carbonyl (C=O) groups is 1. The summed E-state index contributed by atoms with van der Waals surface area (Å²) in [5, 5.41) is 9.02. The Hall–Kier alpha value is -4.11. The topological polar surface area (TPSA) is 82.4 Å². The molecule has 39 heavy (non-hydrogen) atoms. The van der Waals surface area contributed by atoms with E-state index in [9.17, 15) is 23.2 Å². The van der Waals surface area contributed by atoms with Gasteiger partial charge in [0.2, 0.25) is 0 Å². The molecule has 0 bridgehead atoms. The average Bonchev–Trinajstić information content (AvgIpc) is 3.13. The lowest BCUT2D eigenvalue weighted by Gasteiger charge is -2.43. The number of nitriles is 1. The number of amides is 1. The van der Waals surface area contributed by atoms with Crippen LogP contribution < -0.4 is 14.5 Å². The fraction of sp³-hybridized carbons (Fsp3) is 0.296. The number of thiocarbonyl (C=S) groups is 1. The maximum atomic E-state index is 15.1. The standard InChI is InChI=1S/C27H21F4N5O2S/c28-19-14-18(6-7-22(19)38-13-2-5-17-4-1-11-33-16-17)36-25(39)35(24(37)26(36)9-3-10-26)21-8-12-34-20(15-32)23(21)27(29,30)31/h1,4,6-8,11-12,14,16H,2-3,5,9-10,13H2. The summed E-state index contributed by atoms with van der Waals surface area (Å²) in [5.74, 6) is -1.34. The Balaban J connectivity index is 1.41. The summed E-state index contributed by atoms with van der Waals surface area (Å²) in [7, 11) is 0. The van der Waals surface area contributed by atoms with Gasteiger partial charge < -0.3 is 9.64 Å². The highest BCUT2D eigenvalue weighted by Gasteiger charge is 2.60. The molecule has 2 aromatic heterocycles. The van der Waals surface area contributed by atoms with Gasteiger partial charge in [-0.15, -0.1) is 0 Å². The predicted octanol–water partition coefficient (Wildman–Crippen LogP) is 5.58. The summed E-state index contributed by atoms with van der Waals surface area (Å²) >= 11 is 5.52. The molecule has 1 aliphatic carbocycles. The first-order chi connectivity index (χ1) is 18.7. The van der Waals surface area contributed by atoms with Crippen LogP contribution in [-0.4, -0.2) is 33.1 Å². The van der Waals surface area contributed by atoms with Gasteiger partial charge in [0.05, 0.1) is 12.3 Å². The fourth-order valence-corrected chi connectivity index (χ4v) is 5.41. The molecule has 3 aromatic rings. The molecule has 1 amide bonds. The SMILES string of the molecule is N#Cc1nccc(N2C(=O)C3(CCC3)N(c3ccc(OCCCc4cccnc4)c(F)c3)C2=S)c1C(F)(F)F. The second kappa shape index (κ2) is 10.2. The molecule has 0 atom stereocenters. The number of halogens is 4. The van der Waals surface area contributed by atoms with Crippen molar-refractivity contribution in [3.05, 3.63) is 77.6 Å². The number of hydrogen-bond acceptors (Lipinski definition) is 6. The second-order valence-corrected chi connectivity index (χ2v) is 9.60. The van der Waals surface area contributed by atoms with E-state index in [0.29, 0.717) is 32.1 Å². The van der Waals surface area contributed by atoms with Crippen LogP contribution in [0.25, 0.3) is 0 Å². The Morgan fingerprint density at radius 1 is 1.18 bits per heavy atom. The number of aryl methyl sites for hydroxylation is 1. The van der Waals surface area contributed by atoms with Crippen molar-refractivity contribution in [3.8, 4) is 11.8 Å². The number of rotatable bonds is 7. The van der Waals surface area contributed by atoms with Gasteiger partial charge in [-0.3, -0.25) is 14.7 Å². The molecule has 200 valence electrons. The highest BCUT2D eigenvalue weighted by Crippen LogP contribution is 2.50. The molecule has 0 N–H and O–H groups in total. The van der Waals surface area contributed by atoms with E-state index in [4.69, 9.17) is 17.0 Å². The lowest BCUT2D eigenvalue weighted by Crippen LogP contribution is -2.55. The number of ether oxygens (including phenoxy) is 1. The van der Waals surface area contributed by atoms with Crippen molar-refractivity contribution in [3.63, 3.8) is 0 Å². The minimum absolute atomic E-state index is 0.00745. The van der Waals surface area contributed by atoms with Crippen molar-refractivity contribution < 1.29 is 27.1 Å². The molecule has 3 heterocycles. The van der Waals surface area contributed by atoms with Crippen molar-refractivity contribution in [1.82, 2.24) is 9.97 Å². The van der Waals surface area contributed by atoms with E-state index in [0.717, 1.165) is 28.8 Å². The van der Waals surface area contributed by atoms with Crippen LogP contribution in [0.3, 0.4) is 0 Å². The van der Waals surface area contributed by atoms with E-state index in [1.54, 1.807) is 12.4 Å². The van der Waals surface area contributed by atoms with Crippen molar-refractivity contribution in [2.45, 2.75) is 43.8 Å². The molecule has 1 saturated carbocycles. The lowest BCUT2D eigenvalue weighted by molar-refractivity contribution is -0.137. The average molecular weight is 556 g/mol. The number of hydrogen-bond donors (Lipinski definition) is 0. The Morgan fingerprint density at radius 2 is 1.97 bits per heavy atom. The van der Waals surface area contributed by atoms with Crippen LogP contribution in [0.2, 0.25) is 0 Å². The van der Waals surface area contributed by atoms with Gasteiger partial charge in [-0.2, -0.15) is 18.4 Å². The molecular formula is C27H21F4N5O2S. The van der Waals surface area contributed by atoms with E-state index in [-0.39, 0.29) is 23.2 Å². The summed E-state index contributed by atoms with van der Waals surface area (Å²) in [6.45, 7) is 0.257. The maximum absolute atomic E-state index is 15.1. The molecule has 12 heteroatoms. The van der Waals surface area contributed by atoms with Crippen molar-refractivity contribution >= 4 is 34.6 Å². The molecule has 1 aromatic carbocycles. The number of aromatic nitrogens is 2. The minimum atomic E-state index is -4.97. The van der Waals surface area contributed by atoms with Gasteiger partial charge in [-0.1, -0.05) is 6.07 Å². The zero-order valence-electron chi connectivity index (χ0n) is 20.4. The number of benzene rings is 1. The molecule has 0 radical (unpaired) electrons. The van der Waals surface area contributed by atoms with Gasteiger partial charge in [-0.25, -0.2) is 9.37 Å².